The topological polar surface area (TPSA) is 118 Å². The Morgan fingerprint density at radius 3 is 2.86 bits per heavy atom. The molecule has 2 aromatic carbocycles. The predicted octanol–water partition coefficient (Wildman–Crippen LogP) is 4.45. The lowest BCUT2D eigenvalue weighted by molar-refractivity contribution is 0.0154. The molecule has 10 heteroatoms. The van der Waals surface area contributed by atoms with E-state index in [0.29, 0.717) is 0 Å². The van der Waals surface area contributed by atoms with Gasteiger partial charge in [0.1, 0.15) is 0 Å². The summed E-state index contributed by atoms with van der Waals surface area (Å²) in [4.78, 5) is 18.9. The lowest BCUT2D eigenvalue weighted by atomic mass is 9.99. The number of fused-ring (bicyclic) bond motifs is 1. The van der Waals surface area contributed by atoms with Gasteiger partial charge in [-0.2, -0.15) is 4.98 Å². The van der Waals surface area contributed by atoms with Crippen LogP contribution in [-0.2, 0) is 17.7 Å². The number of nitrogens with two attached hydrogens (primary N) is 1. The van der Waals surface area contributed by atoms with Gasteiger partial charge < -0.3 is 26.0 Å². The minimum atomic E-state index is -0.704. The Kier molecular flexibility index (Phi) is 6.94. The maximum atomic E-state index is 12.1. The van der Waals surface area contributed by atoms with E-state index in [2.05, 4.69) is 59.8 Å². The fourth-order valence-corrected chi connectivity index (χ4v) is 5.33. The number of hydrogen-bond donors (Lipinski definition) is 3. The molecule has 182 valence electrons. The number of nitrogens with zero attached hydrogens (tertiary/aromatic N) is 4. The first-order valence-electron chi connectivity index (χ1n) is 11.8. The van der Waals surface area contributed by atoms with Crippen molar-refractivity contribution in [3.05, 3.63) is 63.3 Å². The fraction of sp³-hybridized carbons (Fsp3) is 0.360. The number of halogens is 1. The minimum absolute atomic E-state index is 0.0113. The quantitative estimate of drug-likeness (QED) is 0.422. The molecule has 2 aliphatic rings. The summed E-state index contributed by atoms with van der Waals surface area (Å²) in [7, 11) is 2.11. The number of rotatable bonds is 6. The molecule has 4 N–H and O–H groups in total. The molecule has 3 aromatic rings. The highest BCUT2D eigenvalue weighted by atomic mass is 79.9. The van der Waals surface area contributed by atoms with Crippen LogP contribution in [0.1, 0.15) is 52.5 Å². The van der Waals surface area contributed by atoms with E-state index < -0.39 is 5.91 Å². The molecular formula is C25H28BrN7O2. The Labute approximate surface area is 212 Å². The zero-order valence-electron chi connectivity index (χ0n) is 19.6. The first-order valence-corrected chi connectivity index (χ1v) is 12.6. The number of amides is 1. The summed E-state index contributed by atoms with van der Waals surface area (Å²) < 4.78 is 7.03. The van der Waals surface area contributed by atoms with Gasteiger partial charge in [0.2, 0.25) is 5.95 Å². The van der Waals surface area contributed by atoms with Crippen LogP contribution in [0.4, 0.5) is 23.1 Å². The van der Waals surface area contributed by atoms with Gasteiger partial charge in [-0.15, -0.1) is 10.2 Å². The second-order valence-electron chi connectivity index (χ2n) is 8.97. The van der Waals surface area contributed by atoms with Crippen LogP contribution in [0.15, 0.2) is 40.9 Å². The number of anilines is 4. The van der Waals surface area contributed by atoms with Crippen molar-refractivity contribution in [2.24, 2.45) is 5.73 Å². The molecule has 1 amide bonds. The average molecular weight is 538 g/mol. The summed E-state index contributed by atoms with van der Waals surface area (Å²) >= 11 is 3.70. The van der Waals surface area contributed by atoms with Crippen LogP contribution < -0.4 is 16.4 Å². The number of likely N-dealkylation sites (N-methyl/N-ethyl adjacent to an activating group) is 1. The Morgan fingerprint density at radius 1 is 1.20 bits per heavy atom. The van der Waals surface area contributed by atoms with Crippen LogP contribution in [0, 0.1) is 0 Å². The van der Waals surface area contributed by atoms with Crippen LogP contribution in [0.2, 0.25) is 0 Å². The van der Waals surface area contributed by atoms with Crippen LogP contribution >= 0.6 is 15.9 Å². The van der Waals surface area contributed by atoms with E-state index in [1.807, 2.05) is 30.3 Å². The number of primary amides is 1. The van der Waals surface area contributed by atoms with Gasteiger partial charge in [-0.3, -0.25) is 4.79 Å². The lowest BCUT2D eigenvalue weighted by Gasteiger charge is -2.26. The van der Waals surface area contributed by atoms with Crippen LogP contribution in [0.3, 0.4) is 0 Å². The van der Waals surface area contributed by atoms with E-state index in [4.69, 9.17) is 10.5 Å². The van der Waals surface area contributed by atoms with Crippen molar-refractivity contribution in [1.82, 2.24) is 20.1 Å². The van der Waals surface area contributed by atoms with Crippen molar-refractivity contribution >= 4 is 45.0 Å². The molecule has 0 radical (unpaired) electrons. The maximum absolute atomic E-state index is 12.1. The number of hydrogen-bond acceptors (Lipinski definition) is 8. The first-order chi connectivity index (χ1) is 17.0. The maximum Gasteiger partial charge on any atom is 0.273 e. The summed E-state index contributed by atoms with van der Waals surface area (Å²) in [6.07, 6.45) is 4.11. The predicted molar refractivity (Wildman–Crippen MR) is 138 cm³/mol. The molecule has 2 aliphatic heterocycles. The standard InChI is InChI=1S/C25H28BrN7O2/c1-33-10-9-17-15(14-33)12-16(13-19(17)26)28-25-30-24(22(23(27)34)31-32-25)29-20-7-3-2-6-18(20)21-8-4-5-11-35-21/h2-3,6-7,12-13,21H,4-5,8-11,14H2,1H3,(H2,27,34)(H2,28,29,30,32). The van der Waals surface area contributed by atoms with E-state index in [1.54, 1.807) is 0 Å². The molecule has 1 saturated heterocycles. The molecule has 1 unspecified atom stereocenters. The van der Waals surface area contributed by atoms with Gasteiger partial charge in [-0.25, -0.2) is 0 Å². The van der Waals surface area contributed by atoms with Crippen molar-refractivity contribution in [3.63, 3.8) is 0 Å². The SMILES string of the molecule is CN1CCc2c(Br)cc(Nc3nnc(C(N)=O)c(Nc4ccccc4C4CCCCO4)n3)cc2C1. The molecule has 9 nitrogen and oxygen atoms in total. The Hall–Kier alpha value is -3.08. The highest BCUT2D eigenvalue weighted by molar-refractivity contribution is 9.10. The minimum Gasteiger partial charge on any atom is -0.373 e. The van der Waals surface area contributed by atoms with Gasteiger partial charge in [-0.05, 0) is 62.1 Å². The smallest absolute Gasteiger partial charge is 0.273 e. The largest absolute Gasteiger partial charge is 0.373 e. The molecule has 0 spiro atoms. The summed E-state index contributed by atoms with van der Waals surface area (Å²) in [5, 5.41) is 14.7. The van der Waals surface area contributed by atoms with E-state index in [-0.39, 0.29) is 23.6 Å². The number of ether oxygens (including phenoxy) is 1. The Bertz CT molecular complexity index is 1250. The second kappa shape index (κ2) is 10.3. The van der Waals surface area contributed by atoms with Gasteiger partial charge >= 0.3 is 0 Å². The summed E-state index contributed by atoms with van der Waals surface area (Å²) in [6.45, 7) is 2.64. The third-order valence-corrected chi connectivity index (χ3v) is 7.10. The molecule has 0 saturated carbocycles. The molecule has 3 heterocycles. The molecule has 35 heavy (non-hydrogen) atoms. The van der Waals surface area contributed by atoms with Crippen molar-refractivity contribution in [2.75, 3.05) is 30.8 Å². The van der Waals surface area contributed by atoms with Gasteiger partial charge in [0.05, 0.1) is 6.10 Å². The molecule has 0 bridgehead atoms. The number of carbonyl (C=O) groups excluding carboxylic acids is 1. The highest BCUT2D eigenvalue weighted by Crippen LogP contribution is 2.35. The first kappa shape index (κ1) is 23.7. The van der Waals surface area contributed by atoms with Crippen molar-refractivity contribution in [1.29, 1.82) is 0 Å². The zero-order valence-corrected chi connectivity index (χ0v) is 21.1. The number of para-hydroxylation sites is 1. The third kappa shape index (κ3) is 5.29. The Morgan fingerprint density at radius 2 is 2.06 bits per heavy atom. The van der Waals surface area contributed by atoms with Gasteiger partial charge in [0.15, 0.2) is 11.5 Å². The fourth-order valence-electron chi connectivity index (χ4n) is 4.63. The van der Waals surface area contributed by atoms with Gasteiger partial charge in [0, 0.05) is 41.1 Å². The second-order valence-corrected chi connectivity index (χ2v) is 9.83. The van der Waals surface area contributed by atoms with Crippen molar-refractivity contribution in [3.8, 4) is 0 Å². The van der Waals surface area contributed by atoms with E-state index in [9.17, 15) is 4.79 Å². The van der Waals surface area contributed by atoms with Gasteiger partial charge in [0.25, 0.3) is 5.91 Å². The molecule has 0 aliphatic carbocycles. The molecule has 1 aromatic heterocycles. The van der Waals surface area contributed by atoms with E-state index in [0.717, 1.165) is 66.8 Å². The summed E-state index contributed by atoms with van der Waals surface area (Å²) in [5.74, 6) is -0.195. The molecule has 5 rings (SSSR count). The van der Waals surface area contributed by atoms with Crippen LogP contribution in [-0.4, -0.2) is 46.2 Å². The monoisotopic (exact) mass is 537 g/mol. The average Bonchev–Trinajstić information content (AvgIpc) is 2.84. The number of carbonyl (C=O) groups is 1. The van der Waals surface area contributed by atoms with Crippen molar-refractivity contribution < 1.29 is 9.53 Å². The highest BCUT2D eigenvalue weighted by Gasteiger charge is 2.22. The number of benzene rings is 2. The normalized spacial score (nSPS) is 18.1. The lowest BCUT2D eigenvalue weighted by Crippen LogP contribution is -2.26. The van der Waals surface area contributed by atoms with Crippen LogP contribution in [0.5, 0.6) is 0 Å². The zero-order chi connectivity index (χ0) is 24.4. The molecule has 1 atom stereocenters. The summed E-state index contributed by atoms with van der Waals surface area (Å²) in [6, 6.07) is 12.0. The molecule has 1 fully saturated rings. The van der Waals surface area contributed by atoms with E-state index in [1.165, 1.54) is 11.1 Å². The number of nitrogens with one attached hydrogen (secondary N) is 2. The number of aromatic nitrogens is 3. The van der Waals surface area contributed by atoms with Gasteiger partial charge in [-0.1, -0.05) is 34.1 Å². The van der Waals surface area contributed by atoms with E-state index >= 15 is 0 Å². The Balaban J connectivity index is 1.44. The third-order valence-electron chi connectivity index (χ3n) is 6.39. The van der Waals surface area contributed by atoms with Crippen LogP contribution in [0.25, 0.3) is 0 Å². The summed E-state index contributed by atoms with van der Waals surface area (Å²) in [5.41, 5.74) is 10.8. The van der Waals surface area contributed by atoms with Crippen molar-refractivity contribution in [2.45, 2.75) is 38.3 Å². The molecular weight excluding hydrogens is 510 g/mol.